The molecule has 3 rings (SSSR count). The Kier molecular flexibility index (Phi) is 6.57. The molecule has 2 aromatic rings. The summed E-state index contributed by atoms with van der Waals surface area (Å²) < 4.78 is 34.0. The van der Waals surface area contributed by atoms with Gasteiger partial charge in [0.25, 0.3) is 10.0 Å². The number of carbonyl (C=O) groups excluding carboxylic acids is 2. The highest BCUT2D eigenvalue weighted by Gasteiger charge is 2.42. The maximum absolute atomic E-state index is 13.6. The third-order valence-corrected chi connectivity index (χ3v) is 6.83. The van der Waals surface area contributed by atoms with Gasteiger partial charge >= 0.3 is 5.97 Å². The SMILES string of the molecule is CN(C)CCN1C(C(=O)c2ccccc2)=C(OC(=O)C(C)(C)C)c2ccccc2S1(=O)=O. The fourth-order valence-electron chi connectivity index (χ4n) is 3.17. The first-order valence-corrected chi connectivity index (χ1v) is 11.7. The van der Waals surface area contributed by atoms with E-state index in [4.69, 9.17) is 4.74 Å². The number of ether oxygens (including phenoxy) is 1. The number of rotatable bonds is 6. The van der Waals surface area contributed by atoms with Crippen LogP contribution in [0.15, 0.2) is 65.2 Å². The van der Waals surface area contributed by atoms with E-state index in [2.05, 4.69) is 0 Å². The minimum atomic E-state index is -4.05. The Morgan fingerprint density at radius 2 is 1.56 bits per heavy atom. The van der Waals surface area contributed by atoms with Gasteiger partial charge in [0.1, 0.15) is 5.70 Å². The van der Waals surface area contributed by atoms with Gasteiger partial charge in [-0.05, 0) is 47.0 Å². The molecule has 0 amide bonds. The third kappa shape index (κ3) is 4.61. The van der Waals surface area contributed by atoms with Crippen molar-refractivity contribution in [3.05, 3.63) is 71.4 Å². The fraction of sp³-hybridized carbons (Fsp3) is 0.333. The van der Waals surface area contributed by atoms with Gasteiger partial charge in [-0.2, -0.15) is 0 Å². The van der Waals surface area contributed by atoms with Gasteiger partial charge in [-0.3, -0.25) is 13.9 Å². The van der Waals surface area contributed by atoms with Gasteiger partial charge in [-0.15, -0.1) is 0 Å². The lowest BCUT2D eigenvalue weighted by Crippen LogP contribution is -2.42. The smallest absolute Gasteiger partial charge is 0.316 e. The first-order chi connectivity index (χ1) is 14.9. The predicted octanol–water partition coefficient (Wildman–Crippen LogP) is 3.39. The number of hydrogen-bond acceptors (Lipinski definition) is 6. The summed E-state index contributed by atoms with van der Waals surface area (Å²) in [7, 11) is -0.422. The van der Waals surface area contributed by atoms with Crippen molar-refractivity contribution in [2.45, 2.75) is 25.7 Å². The van der Waals surface area contributed by atoms with E-state index in [0.29, 0.717) is 12.1 Å². The number of sulfonamides is 1. The predicted molar refractivity (Wildman–Crippen MR) is 122 cm³/mol. The van der Waals surface area contributed by atoms with Crippen molar-refractivity contribution < 1.29 is 22.7 Å². The molecule has 1 aliphatic rings. The fourth-order valence-corrected chi connectivity index (χ4v) is 4.83. The maximum Gasteiger partial charge on any atom is 0.316 e. The van der Waals surface area contributed by atoms with Crippen LogP contribution in [0.5, 0.6) is 0 Å². The molecule has 8 heteroatoms. The zero-order valence-electron chi connectivity index (χ0n) is 19.0. The lowest BCUT2D eigenvalue weighted by Gasteiger charge is -2.34. The molecule has 7 nitrogen and oxygen atoms in total. The maximum atomic E-state index is 13.6. The van der Waals surface area contributed by atoms with Crippen LogP contribution in [0.25, 0.3) is 5.76 Å². The number of Topliss-reactive ketones (excluding diaryl/α,β-unsaturated/α-hetero) is 1. The van der Waals surface area contributed by atoms with Gasteiger partial charge in [-0.1, -0.05) is 42.5 Å². The topological polar surface area (TPSA) is 84.0 Å². The minimum Gasteiger partial charge on any atom is -0.423 e. The highest BCUT2D eigenvalue weighted by atomic mass is 32.2. The first kappa shape index (κ1) is 23.7. The number of hydrogen-bond donors (Lipinski definition) is 0. The van der Waals surface area contributed by atoms with Crippen LogP contribution in [-0.4, -0.2) is 56.6 Å². The lowest BCUT2D eigenvalue weighted by molar-refractivity contribution is -0.145. The molecule has 0 unspecified atom stereocenters. The van der Waals surface area contributed by atoms with Gasteiger partial charge < -0.3 is 9.64 Å². The molecule has 0 N–H and O–H groups in total. The number of allylic oxidation sites excluding steroid dienone is 1. The van der Waals surface area contributed by atoms with Crippen molar-refractivity contribution in [2.75, 3.05) is 27.2 Å². The zero-order chi connectivity index (χ0) is 23.7. The van der Waals surface area contributed by atoms with E-state index in [1.807, 2.05) is 19.0 Å². The molecule has 0 bridgehead atoms. The average Bonchev–Trinajstić information content (AvgIpc) is 2.74. The van der Waals surface area contributed by atoms with E-state index in [0.717, 1.165) is 4.31 Å². The Hall–Kier alpha value is -2.97. The number of ketones is 1. The van der Waals surface area contributed by atoms with Crippen molar-refractivity contribution in [1.29, 1.82) is 0 Å². The molecule has 0 spiro atoms. The Balaban J connectivity index is 2.31. The van der Waals surface area contributed by atoms with E-state index in [1.54, 1.807) is 69.3 Å². The normalized spacial score (nSPS) is 15.5. The van der Waals surface area contributed by atoms with Gasteiger partial charge in [0, 0.05) is 24.2 Å². The van der Waals surface area contributed by atoms with Crippen LogP contribution < -0.4 is 0 Å². The highest BCUT2D eigenvalue weighted by Crippen LogP contribution is 2.39. The van der Waals surface area contributed by atoms with E-state index >= 15 is 0 Å². The molecule has 0 fully saturated rings. The van der Waals surface area contributed by atoms with Crippen molar-refractivity contribution >= 4 is 27.5 Å². The summed E-state index contributed by atoms with van der Waals surface area (Å²) in [6, 6.07) is 14.6. The molecule has 0 saturated carbocycles. The van der Waals surface area contributed by atoms with E-state index in [9.17, 15) is 18.0 Å². The summed E-state index contributed by atoms with van der Waals surface area (Å²) in [6.45, 7) is 5.49. The second kappa shape index (κ2) is 8.88. The van der Waals surface area contributed by atoms with Gasteiger partial charge in [-0.25, -0.2) is 8.42 Å². The molecular formula is C24H28N2O5S. The highest BCUT2D eigenvalue weighted by molar-refractivity contribution is 7.89. The monoisotopic (exact) mass is 456 g/mol. The average molecular weight is 457 g/mol. The van der Waals surface area contributed by atoms with Crippen LogP contribution in [0.2, 0.25) is 0 Å². The van der Waals surface area contributed by atoms with E-state index < -0.39 is 27.2 Å². The van der Waals surface area contributed by atoms with Crippen LogP contribution in [-0.2, 0) is 19.6 Å². The Labute approximate surface area is 189 Å². The summed E-state index contributed by atoms with van der Waals surface area (Å²) in [5.41, 5.74) is -0.510. The Morgan fingerprint density at radius 3 is 2.16 bits per heavy atom. The minimum absolute atomic E-state index is 0.0000713. The van der Waals surface area contributed by atoms with Crippen LogP contribution in [0.1, 0.15) is 36.7 Å². The van der Waals surface area contributed by atoms with Gasteiger partial charge in [0.05, 0.1) is 10.3 Å². The van der Waals surface area contributed by atoms with Crippen LogP contribution in [0.3, 0.4) is 0 Å². The number of carbonyl (C=O) groups is 2. The first-order valence-electron chi connectivity index (χ1n) is 10.3. The molecule has 0 atom stereocenters. The second-order valence-electron chi connectivity index (χ2n) is 8.89. The van der Waals surface area contributed by atoms with Crippen molar-refractivity contribution in [2.24, 2.45) is 5.41 Å². The van der Waals surface area contributed by atoms with Crippen molar-refractivity contribution in [1.82, 2.24) is 9.21 Å². The van der Waals surface area contributed by atoms with Gasteiger partial charge in [0.15, 0.2) is 5.76 Å². The molecule has 1 aliphatic heterocycles. The zero-order valence-corrected chi connectivity index (χ0v) is 19.8. The summed E-state index contributed by atoms with van der Waals surface area (Å²) in [4.78, 5) is 28.3. The van der Waals surface area contributed by atoms with Crippen LogP contribution >= 0.6 is 0 Å². The number of likely N-dealkylation sites (N-methyl/N-ethyl adjacent to an activating group) is 1. The number of esters is 1. The summed E-state index contributed by atoms with van der Waals surface area (Å²) in [6.07, 6.45) is 0. The molecule has 2 aromatic carbocycles. The standard InChI is InChI=1S/C24H28N2O5S/c1-24(2,3)23(28)31-22-18-13-9-10-14-19(18)32(29,30)26(16-15-25(4)5)20(22)21(27)17-11-7-6-8-12-17/h6-14H,15-16H2,1-5H3. The van der Waals surface area contributed by atoms with Gasteiger partial charge in [0.2, 0.25) is 5.78 Å². The van der Waals surface area contributed by atoms with Crippen molar-refractivity contribution in [3.8, 4) is 0 Å². The van der Waals surface area contributed by atoms with Crippen LogP contribution in [0.4, 0.5) is 0 Å². The number of benzene rings is 2. The molecule has 1 heterocycles. The molecule has 0 aliphatic carbocycles. The third-order valence-electron chi connectivity index (χ3n) is 4.97. The molecule has 0 radical (unpaired) electrons. The van der Waals surface area contributed by atoms with E-state index in [-0.39, 0.29) is 28.5 Å². The largest absolute Gasteiger partial charge is 0.423 e. The van der Waals surface area contributed by atoms with E-state index in [1.165, 1.54) is 6.07 Å². The summed E-state index contributed by atoms with van der Waals surface area (Å²) in [5, 5.41) is 0. The molecule has 0 saturated heterocycles. The summed E-state index contributed by atoms with van der Waals surface area (Å²) >= 11 is 0. The molecule has 0 aromatic heterocycles. The Morgan fingerprint density at radius 1 is 0.969 bits per heavy atom. The second-order valence-corrected chi connectivity index (χ2v) is 10.7. The lowest BCUT2D eigenvalue weighted by atomic mass is 9.97. The summed E-state index contributed by atoms with van der Waals surface area (Å²) in [5.74, 6) is -1.13. The molecular weight excluding hydrogens is 428 g/mol. The quantitative estimate of drug-likeness (QED) is 0.489. The van der Waals surface area contributed by atoms with Crippen molar-refractivity contribution in [3.63, 3.8) is 0 Å². The molecule has 32 heavy (non-hydrogen) atoms. The number of nitrogens with zero attached hydrogens (tertiary/aromatic N) is 2. The Bertz CT molecular complexity index is 1160. The van der Waals surface area contributed by atoms with Crippen LogP contribution in [0, 0.1) is 5.41 Å². The number of fused-ring (bicyclic) bond motifs is 1. The molecule has 170 valence electrons.